The van der Waals surface area contributed by atoms with Gasteiger partial charge in [-0.25, -0.2) is 9.98 Å². The van der Waals surface area contributed by atoms with Gasteiger partial charge in [0.05, 0.1) is 25.5 Å². The van der Waals surface area contributed by atoms with Crippen LogP contribution in [0.5, 0.6) is 0 Å². The Hall–Kier alpha value is -2.67. The smallest absolute Gasteiger partial charge is 0.213 e. The summed E-state index contributed by atoms with van der Waals surface area (Å²) in [7, 11) is 0. The van der Waals surface area contributed by atoms with E-state index in [0.717, 1.165) is 61.1 Å². The molecule has 0 aliphatic carbocycles. The molecule has 0 atom stereocenters. The Morgan fingerprint density at radius 1 is 1.46 bits per heavy atom. The topological polar surface area (TPSA) is 75.6 Å². The summed E-state index contributed by atoms with van der Waals surface area (Å²) in [4.78, 5) is 10.7. The van der Waals surface area contributed by atoms with Crippen molar-refractivity contribution < 1.29 is 9.47 Å². The fourth-order valence-electron chi connectivity index (χ4n) is 2.83. The van der Waals surface area contributed by atoms with Gasteiger partial charge in [-0.05, 0) is 32.2 Å². The second-order valence-corrected chi connectivity index (χ2v) is 6.10. The highest BCUT2D eigenvalue weighted by molar-refractivity contribution is 5.75. The molecule has 2 aromatic heterocycles. The van der Waals surface area contributed by atoms with Gasteiger partial charge in [-0.2, -0.15) is 5.10 Å². The van der Waals surface area contributed by atoms with Crippen LogP contribution >= 0.6 is 0 Å². The summed E-state index contributed by atoms with van der Waals surface area (Å²) >= 11 is 0. The first-order chi connectivity index (χ1) is 12.7. The zero-order valence-corrected chi connectivity index (χ0v) is 15.4. The molecule has 3 heterocycles. The lowest BCUT2D eigenvalue weighted by Gasteiger charge is -2.27. The number of nitrogens with one attached hydrogen (secondary N) is 1. The number of rotatable bonds is 7. The molecule has 1 aliphatic heterocycles. The summed E-state index contributed by atoms with van der Waals surface area (Å²) in [6.45, 7) is 11.4. The zero-order chi connectivity index (χ0) is 18.4. The predicted molar refractivity (Wildman–Crippen MR) is 103 cm³/mol. The number of aryl methyl sites for hydroxylation is 1. The van der Waals surface area contributed by atoms with Crippen molar-refractivity contribution in [3.8, 4) is 11.3 Å². The minimum atomic E-state index is 0.500. The van der Waals surface area contributed by atoms with Crippen LogP contribution in [0.15, 0.2) is 29.2 Å². The third-order valence-electron chi connectivity index (χ3n) is 4.23. The molecule has 26 heavy (non-hydrogen) atoms. The standard InChI is InChI=1S/C19H25N5O2/c1-4-9-26-18(20-3)13-16-14(2)22-23-19(16)15-5-6-21-17(12-15)24-7-10-25-11-8-24/h5-6,12-13H,3-4,7-11H2,1-2H3,(H,22,23)/b18-13+. The number of H-pyrrole nitrogens is 1. The zero-order valence-electron chi connectivity index (χ0n) is 15.4. The summed E-state index contributed by atoms with van der Waals surface area (Å²) < 4.78 is 11.1. The third-order valence-corrected chi connectivity index (χ3v) is 4.23. The SMILES string of the molecule is C=N/C(=C\c1c(-c2ccnc(N3CCOCC3)c2)n[nH]c1C)OCCC. The monoisotopic (exact) mass is 355 g/mol. The molecule has 0 spiro atoms. The molecule has 0 saturated carbocycles. The maximum Gasteiger partial charge on any atom is 0.213 e. The highest BCUT2D eigenvalue weighted by Crippen LogP contribution is 2.28. The van der Waals surface area contributed by atoms with E-state index in [2.05, 4.69) is 44.8 Å². The fourth-order valence-corrected chi connectivity index (χ4v) is 2.83. The molecule has 2 aromatic rings. The van der Waals surface area contributed by atoms with E-state index in [-0.39, 0.29) is 0 Å². The molecule has 0 bridgehead atoms. The third kappa shape index (κ3) is 4.11. The largest absolute Gasteiger partial charge is 0.478 e. The minimum absolute atomic E-state index is 0.500. The summed E-state index contributed by atoms with van der Waals surface area (Å²) in [5, 5.41) is 7.54. The van der Waals surface area contributed by atoms with Gasteiger partial charge >= 0.3 is 0 Å². The summed E-state index contributed by atoms with van der Waals surface area (Å²) in [5.74, 6) is 1.44. The van der Waals surface area contributed by atoms with Gasteiger partial charge in [0.1, 0.15) is 5.82 Å². The van der Waals surface area contributed by atoms with E-state index >= 15 is 0 Å². The van der Waals surface area contributed by atoms with E-state index < -0.39 is 0 Å². The first-order valence-electron chi connectivity index (χ1n) is 8.88. The van der Waals surface area contributed by atoms with Crippen molar-refractivity contribution in [3.63, 3.8) is 0 Å². The highest BCUT2D eigenvalue weighted by Gasteiger charge is 2.16. The van der Waals surface area contributed by atoms with Gasteiger partial charge in [0, 0.05) is 42.2 Å². The van der Waals surface area contributed by atoms with Crippen molar-refractivity contribution in [2.45, 2.75) is 20.3 Å². The number of nitrogens with zero attached hydrogens (tertiary/aromatic N) is 4. The number of hydrogen-bond donors (Lipinski definition) is 1. The summed E-state index contributed by atoms with van der Waals surface area (Å²) in [6, 6.07) is 4.02. The fraction of sp³-hybridized carbons (Fsp3) is 0.421. The van der Waals surface area contributed by atoms with Crippen molar-refractivity contribution in [2.75, 3.05) is 37.8 Å². The number of aromatic nitrogens is 3. The second-order valence-electron chi connectivity index (χ2n) is 6.10. The molecular formula is C19H25N5O2. The number of hydrogen-bond acceptors (Lipinski definition) is 6. The molecule has 7 nitrogen and oxygen atoms in total. The van der Waals surface area contributed by atoms with Crippen LogP contribution in [0, 0.1) is 6.92 Å². The van der Waals surface area contributed by atoms with Gasteiger partial charge in [0.2, 0.25) is 5.88 Å². The Balaban J connectivity index is 1.92. The normalized spacial score (nSPS) is 15.2. The van der Waals surface area contributed by atoms with Crippen LogP contribution in [-0.4, -0.2) is 54.8 Å². The van der Waals surface area contributed by atoms with E-state index in [1.807, 2.05) is 25.3 Å². The number of aliphatic imine (C=N–C) groups is 1. The lowest BCUT2D eigenvalue weighted by Crippen LogP contribution is -2.36. The maximum absolute atomic E-state index is 5.63. The molecule has 0 radical (unpaired) electrons. The number of anilines is 1. The lowest BCUT2D eigenvalue weighted by molar-refractivity contribution is 0.122. The minimum Gasteiger partial charge on any atom is -0.478 e. The van der Waals surface area contributed by atoms with Crippen molar-refractivity contribution in [1.29, 1.82) is 0 Å². The molecule has 1 saturated heterocycles. The van der Waals surface area contributed by atoms with E-state index in [1.54, 1.807) is 0 Å². The number of pyridine rings is 1. The van der Waals surface area contributed by atoms with Crippen molar-refractivity contribution >= 4 is 18.6 Å². The van der Waals surface area contributed by atoms with Gasteiger partial charge in [-0.15, -0.1) is 0 Å². The Kier molecular flexibility index (Phi) is 6.01. The highest BCUT2D eigenvalue weighted by atomic mass is 16.5. The van der Waals surface area contributed by atoms with Crippen LogP contribution in [0.25, 0.3) is 17.3 Å². The quantitative estimate of drug-likeness (QED) is 0.610. The summed E-state index contributed by atoms with van der Waals surface area (Å²) in [5.41, 5.74) is 3.74. The van der Waals surface area contributed by atoms with E-state index in [0.29, 0.717) is 12.5 Å². The molecule has 1 fully saturated rings. The molecule has 0 unspecified atom stereocenters. The molecule has 1 aliphatic rings. The van der Waals surface area contributed by atoms with Crippen molar-refractivity contribution in [2.24, 2.45) is 4.99 Å². The van der Waals surface area contributed by atoms with Crippen LogP contribution in [-0.2, 0) is 9.47 Å². The molecular weight excluding hydrogens is 330 g/mol. The maximum atomic E-state index is 5.63. The average molecular weight is 355 g/mol. The predicted octanol–water partition coefficient (Wildman–Crippen LogP) is 3.04. The van der Waals surface area contributed by atoms with Gasteiger partial charge in [0.15, 0.2) is 0 Å². The first kappa shape index (κ1) is 18.1. The molecule has 3 rings (SSSR count). The van der Waals surface area contributed by atoms with Gasteiger partial charge in [0.25, 0.3) is 0 Å². The molecule has 7 heteroatoms. The van der Waals surface area contributed by atoms with Gasteiger partial charge in [-0.1, -0.05) is 6.92 Å². The van der Waals surface area contributed by atoms with E-state index in [9.17, 15) is 0 Å². The first-order valence-corrected chi connectivity index (χ1v) is 8.88. The van der Waals surface area contributed by atoms with Gasteiger partial charge < -0.3 is 14.4 Å². The van der Waals surface area contributed by atoms with E-state index in [1.165, 1.54) is 0 Å². The summed E-state index contributed by atoms with van der Waals surface area (Å²) in [6.07, 6.45) is 4.61. The van der Waals surface area contributed by atoms with Gasteiger partial charge in [-0.3, -0.25) is 5.10 Å². The molecule has 0 amide bonds. The number of morpholine rings is 1. The Labute approximate surface area is 153 Å². The van der Waals surface area contributed by atoms with Crippen molar-refractivity contribution in [1.82, 2.24) is 15.2 Å². The molecule has 1 N–H and O–H groups in total. The van der Waals surface area contributed by atoms with Crippen LogP contribution < -0.4 is 4.90 Å². The van der Waals surface area contributed by atoms with E-state index in [4.69, 9.17) is 9.47 Å². The lowest BCUT2D eigenvalue weighted by atomic mass is 10.1. The average Bonchev–Trinajstić information content (AvgIpc) is 3.06. The second kappa shape index (κ2) is 8.62. The molecule has 0 aromatic carbocycles. The number of ether oxygens (including phenoxy) is 2. The van der Waals surface area contributed by atoms with Crippen molar-refractivity contribution in [3.05, 3.63) is 35.5 Å². The van der Waals surface area contributed by atoms with Crippen LogP contribution in [0.3, 0.4) is 0 Å². The number of aromatic amines is 1. The Morgan fingerprint density at radius 2 is 2.27 bits per heavy atom. The van der Waals surface area contributed by atoms with Crippen LogP contribution in [0.1, 0.15) is 24.6 Å². The van der Waals surface area contributed by atoms with Crippen LogP contribution in [0.2, 0.25) is 0 Å². The Bertz CT molecular complexity index is 778. The Morgan fingerprint density at radius 3 is 3.00 bits per heavy atom. The molecule has 138 valence electrons. The van der Waals surface area contributed by atoms with Crippen LogP contribution in [0.4, 0.5) is 5.82 Å².